The molecule has 9 unspecified atom stereocenters. The minimum absolute atomic E-state index is 0.00246. The molecule has 4 fully saturated rings. The van der Waals surface area contributed by atoms with Crippen LogP contribution in [0.1, 0.15) is 110 Å². The van der Waals surface area contributed by atoms with Crippen LogP contribution in [0.4, 0.5) is 9.59 Å². The Morgan fingerprint density at radius 3 is 1.62 bits per heavy atom. The Morgan fingerprint density at radius 1 is 0.667 bits per heavy atom. The second-order valence-electron chi connectivity index (χ2n) is 18.4. The number of hydrogen-bond acceptors (Lipinski definition) is 9. The van der Waals surface area contributed by atoms with Crippen LogP contribution in [0, 0.1) is 17.8 Å². The van der Waals surface area contributed by atoms with Crippen molar-refractivity contribution >= 4 is 24.0 Å². The highest BCUT2D eigenvalue weighted by molar-refractivity contribution is 5.87. The van der Waals surface area contributed by atoms with E-state index in [9.17, 15) is 19.2 Å². The molecule has 15 heteroatoms. The third-order valence-electron chi connectivity index (χ3n) is 13.7. The van der Waals surface area contributed by atoms with E-state index >= 15 is 0 Å². The van der Waals surface area contributed by atoms with Crippen LogP contribution in [0.3, 0.4) is 0 Å². The van der Waals surface area contributed by atoms with Crippen LogP contribution >= 0.6 is 0 Å². The smallest absolute Gasteiger partial charge is 0.407 e. The standard InChI is InChI=1S/C48H62N8O7/c1-26(2)41(53-47(59)61-6)45(57)55-27(3)8-20-38(55)43-49-24-36(51-43)32-14-10-30(11-15-32)31-12-16-33(17-13-31)37-25-50-44(52-37)39-21-9-28(4)56(39)46(58)42(54-48(60)62-7)35-22-29(5)63-40(23-35)34-18-19-34/h10-17,24-29,34-35,38-42H,8-9,18-23H2,1-7H3,(H,49,51)(H,50,52)(H,53,59)(H,54,60). The normalized spacial score (nSPS) is 25.7. The fraction of sp³-hybridized carbons (Fsp3) is 0.542. The van der Waals surface area contributed by atoms with E-state index in [0.29, 0.717) is 12.3 Å². The van der Waals surface area contributed by atoms with Crippen LogP contribution in [0.5, 0.6) is 0 Å². The number of carbonyl (C=O) groups excluding carboxylic acids is 4. The molecular formula is C48H62N8O7. The molecule has 4 aromatic rings. The van der Waals surface area contributed by atoms with Gasteiger partial charge in [0.1, 0.15) is 23.7 Å². The van der Waals surface area contributed by atoms with Gasteiger partial charge in [0.25, 0.3) is 0 Å². The van der Waals surface area contributed by atoms with Crippen molar-refractivity contribution < 1.29 is 33.4 Å². The van der Waals surface area contributed by atoms with Crippen molar-refractivity contribution in [1.82, 2.24) is 40.4 Å². The van der Waals surface area contributed by atoms with Gasteiger partial charge in [-0.2, -0.15) is 0 Å². The topological polar surface area (TPSA) is 184 Å². The Labute approximate surface area is 369 Å². The number of alkyl carbamates (subject to hydrolysis) is 2. The predicted molar refractivity (Wildman–Crippen MR) is 237 cm³/mol. The lowest BCUT2D eigenvalue weighted by Crippen LogP contribution is -2.55. The van der Waals surface area contributed by atoms with Crippen molar-refractivity contribution in [1.29, 1.82) is 0 Å². The maximum atomic E-state index is 14.6. The average molecular weight is 863 g/mol. The van der Waals surface area contributed by atoms with Crippen molar-refractivity contribution in [2.45, 2.75) is 134 Å². The number of benzene rings is 2. The van der Waals surface area contributed by atoms with Crippen molar-refractivity contribution in [3.05, 3.63) is 72.6 Å². The summed E-state index contributed by atoms with van der Waals surface area (Å²) in [7, 11) is 2.63. The second-order valence-corrected chi connectivity index (χ2v) is 18.4. The Morgan fingerprint density at radius 2 is 1.14 bits per heavy atom. The summed E-state index contributed by atoms with van der Waals surface area (Å²) in [6, 6.07) is 14.7. The zero-order valence-corrected chi connectivity index (χ0v) is 37.4. The summed E-state index contributed by atoms with van der Waals surface area (Å²) in [4.78, 5) is 73.4. The first-order valence-corrected chi connectivity index (χ1v) is 22.6. The number of imidazole rings is 2. The molecule has 9 atom stereocenters. The van der Waals surface area contributed by atoms with Gasteiger partial charge in [0.15, 0.2) is 0 Å². The lowest BCUT2D eigenvalue weighted by molar-refractivity contribution is -0.141. The summed E-state index contributed by atoms with van der Waals surface area (Å²) < 4.78 is 16.1. The van der Waals surface area contributed by atoms with Gasteiger partial charge >= 0.3 is 12.2 Å². The molecule has 15 nitrogen and oxygen atoms in total. The summed E-state index contributed by atoms with van der Waals surface area (Å²) >= 11 is 0. The highest BCUT2D eigenvalue weighted by Crippen LogP contribution is 2.44. The van der Waals surface area contributed by atoms with Gasteiger partial charge < -0.3 is 44.6 Å². The van der Waals surface area contributed by atoms with Crippen LogP contribution in [-0.2, 0) is 23.8 Å². The van der Waals surface area contributed by atoms with Crippen molar-refractivity contribution in [2.24, 2.45) is 17.8 Å². The fourth-order valence-corrected chi connectivity index (χ4v) is 10.1. The number of amides is 4. The quantitative estimate of drug-likeness (QED) is 0.110. The number of rotatable bonds is 12. The fourth-order valence-electron chi connectivity index (χ4n) is 10.1. The van der Waals surface area contributed by atoms with Gasteiger partial charge in [0, 0.05) is 12.1 Å². The predicted octanol–water partition coefficient (Wildman–Crippen LogP) is 7.94. The Kier molecular flexibility index (Phi) is 12.9. The minimum atomic E-state index is -0.716. The largest absolute Gasteiger partial charge is 0.453 e. The molecule has 4 amide bonds. The molecule has 4 aliphatic rings. The van der Waals surface area contributed by atoms with Gasteiger partial charge in [-0.3, -0.25) is 9.59 Å². The van der Waals surface area contributed by atoms with Crippen molar-refractivity contribution in [3.63, 3.8) is 0 Å². The number of nitrogens with zero attached hydrogens (tertiary/aromatic N) is 4. The number of carbonyl (C=O) groups is 4. The first-order chi connectivity index (χ1) is 30.3. The van der Waals surface area contributed by atoms with E-state index in [2.05, 4.69) is 83.0 Å². The Hall–Kier alpha value is -5.70. The molecule has 8 rings (SSSR count). The van der Waals surface area contributed by atoms with Gasteiger partial charge in [-0.15, -0.1) is 0 Å². The third-order valence-corrected chi connectivity index (χ3v) is 13.7. The highest BCUT2D eigenvalue weighted by Gasteiger charge is 2.47. The summed E-state index contributed by atoms with van der Waals surface area (Å²) in [5, 5.41) is 5.65. The van der Waals surface area contributed by atoms with Crippen LogP contribution in [0.2, 0.25) is 0 Å². The van der Waals surface area contributed by atoms with E-state index in [1.165, 1.54) is 14.2 Å². The van der Waals surface area contributed by atoms with Crippen LogP contribution in [0.25, 0.3) is 33.6 Å². The van der Waals surface area contributed by atoms with Gasteiger partial charge in [0.05, 0.1) is 62.3 Å². The van der Waals surface area contributed by atoms with Gasteiger partial charge in [-0.25, -0.2) is 19.6 Å². The van der Waals surface area contributed by atoms with Crippen molar-refractivity contribution in [2.75, 3.05) is 14.2 Å². The maximum absolute atomic E-state index is 14.6. The summed E-state index contributed by atoms with van der Waals surface area (Å²) in [6.45, 7) is 9.98. The SMILES string of the molecule is COC(=O)NC(C(=O)N1C(C)CCC1c1ncc(-c2ccc(-c3ccc(-c4cnc(C5CCC(C)N5C(=O)C(NC(=O)OC)C5CC(C)OC(C6CC6)C5)[nH]4)cc3)cc2)[nH]1)C(C)C. The number of methoxy groups -OCH3 is 2. The Balaban J connectivity index is 0.934. The first kappa shape index (κ1) is 43.9. The number of nitrogens with one attached hydrogen (secondary N) is 4. The van der Waals surface area contributed by atoms with Gasteiger partial charge in [-0.05, 0) is 112 Å². The molecule has 0 bridgehead atoms. The molecule has 3 aliphatic heterocycles. The van der Waals surface area contributed by atoms with Gasteiger partial charge in [-0.1, -0.05) is 62.4 Å². The zero-order chi connectivity index (χ0) is 44.5. The van der Waals surface area contributed by atoms with Crippen LogP contribution in [-0.4, -0.2) is 104 Å². The van der Waals surface area contributed by atoms with Crippen LogP contribution < -0.4 is 10.6 Å². The Bertz CT molecular complexity index is 2250. The maximum Gasteiger partial charge on any atom is 0.407 e. The molecule has 2 aromatic carbocycles. The molecule has 1 saturated carbocycles. The molecule has 2 aromatic heterocycles. The molecule has 1 aliphatic carbocycles. The van der Waals surface area contributed by atoms with E-state index in [4.69, 9.17) is 24.2 Å². The van der Waals surface area contributed by atoms with E-state index < -0.39 is 24.3 Å². The monoisotopic (exact) mass is 862 g/mol. The van der Waals surface area contributed by atoms with Gasteiger partial charge in [0.2, 0.25) is 11.8 Å². The number of aromatic amines is 2. The lowest BCUT2D eigenvalue weighted by Gasteiger charge is -2.40. The number of ether oxygens (including phenoxy) is 3. The van der Waals surface area contributed by atoms with E-state index in [0.717, 1.165) is 90.2 Å². The molecule has 4 N–H and O–H groups in total. The summed E-state index contributed by atoms with van der Waals surface area (Å²) in [5.41, 5.74) is 5.78. The molecular weight excluding hydrogens is 801 g/mol. The third kappa shape index (κ3) is 9.34. The molecule has 0 radical (unpaired) electrons. The summed E-state index contributed by atoms with van der Waals surface area (Å²) in [5.74, 6) is 1.56. The number of H-pyrrole nitrogens is 2. The summed E-state index contributed by atoms with van der Waals surface area (Å²) in [6.07, 6.45) is 9.45. The first-order valence-electron chi connectivity index (χ1n) is 22.6. The zero-order valence-electron chi connectivity index (χ0n) is 37.4. The molecule has 0 spiro atoms. The van der Waals surface area contributed by atoms with E-state index in [1.807, 2.05) is 43.0 Å². The molecule has 3 saturated heterocycles. The van der Waals surface area contributed by atoms with E-state index in [1.54, 1.807) is 0 Å². The van der Waals surface area contributed by atoms with Crippen molar-refractivity contribution in [3.8, 4) is 33.6 Å². The molecule has 336 valence electrons. The molecule has 5 heterocycles. The number of hydrogen-bond donors (Lipinski definition) is 4. The second kappa shape index (κ2) is 18.6. The lowest BCUT2D eigenvalue weighted by atomic mass is 9.83. The average Bonchev–Trinajstić information content (AvgIpc) is 3.58. The number of aromatic nitrogens is 4. The minimum Gasteiger partial charge on any atom is -0.453 e. The number of likely N-dealkylation sites (tertiary alicyclic amines) is 2. The highest BCUT2D eigenvalue weighted by atomic mass is 16.5. The van der Waals surface area contributed by atoms with Crippen LogP contribution in [0.15, 0.2) is 60.9 Å². The van der Waals surface area contributed by atoms with E-state index in [-0.39, 0.29) is 60.0 Å². The molecule has 63 heavy (non-hydrogen) atoms.